The molecular formula is C28H30FN7O2. The van der Waals surface area contributed by atoms with Crippen molar-refractivity contribution in [2.24, 2.45) is 17.5 Å². The van der Waals surface area contributed by atoms with E-state index in [2.05, 4.69) is 20.0 Å². The fourth-order valence-corrected chi connectivity index (χ4v) is 4.60. The number of hydrazine groups is 1. The molecule has 0 radical (unpaired) electrons. The van der Waals surface area contributed by atoms with E-state index in [4.69, 9.17) is 16.1 Å². The molecule has 0 saturated carbocycles. The molecule has 2 aromatic carbocycles. The van der Waals surface area contributed by atoms with Crippen LogP contribution >= 0.6 is 0 Å². The van der Waals surface area contributed by atoms with Gasteiger partial charge in [0.2, 0.25) is 5.82 Å². The summed E-state index contributed by atoms with van der Waals surface area (Å²) >= 11 is 0. The Hall–Kier alpha value is -4.12. The Kier molecular flexibility index (Phi) is 7.73. The number of piperidine rings is 1. The van der Waals surface area contributed by atoms with Crippen molar-refractivity contribution < 1.29 is 14.0 Å². The number of benzene rings is 2. The van der Waals surface area contributed by atoms with Crippen LogP contribution in [0.25, 0.3) is 22.8 Å². The van der Waals surface area contributed by atoms with Gasteiger partial charge in [-0.15, -0.1) is 0 Å². The zero-order chi connectivity index (χ0) is 26.5. The summed E-state index contributed by atoms with van der Waals surface area (Å²) in [6, 6.07) is 17.6. The smallest absolute Gasteiger partial charge is 0.276 e. The highest BCUT2D eigenvalue weighted by Gasteiger charge is 2.22. The van der Waals surface area contributed by atoms with E-state index in [0.717, 1.165) is 38.0 Å². The van der Waals surface area contributed by atoms with Gasteiger partial charge in [-0.2, -0.15) is 4.98 Å². The summed E-state index contributed by atoms with van der Waals surface area (Å²) in [4.78, 5) is 10.9. The third-order valence-corrected chi connectivity index (χ3v) is 6.80. The van der Waals surface area contributed by atoms with Gasteiger partial charge in [0.05, 0.1) is 11.4 Å². The molecular weight excluding hydrogens is 485 g/mol. The summed E-state index contributed by atoms with van der Waals surface area (Å²) in [5.74, 6) is 6.72. The third kappa shape index (κ3) is 5.57. The first-order valence-corrected chi connectivity index (χ1v) is 12.5. The van der Waals surface area contributed by atoms with Crippen molar-refractivity contribution in [3.63, 3.8) is 0 Å². The predicted octanol–water partition coefficient (Wildman–Crippen LogP) is 3.64. The van der Waals surface area contributed by atoms with Gasteiger partial charge >= 0.3 is 0 Å². The first-order chi connectivity index (χ1) is 18.5. The lowest BCUT2D eigenvalue weighted by Gasteiger charge is -2.31. The average Bonchev–Trinajstić information content (AvgIpc) is 3.45. The highest BCUT2D eigenvalue weighted by molar-refractivity contribution is 5.93. The Morgan fingerprint density at radius 1 is 1.05 bits per heavy atom. The summed E-state index contributed by atoms with van der Waals surface area (Å²) in [6.45, 7) is 3.09. The minimum Gasteiger partial charge on any atom is -0.396 e. The normalized spacial score (nSPS) is 15.3. The van der Waals surface area contributed by atoms with Gasteiger partial charge in [-0.25, -0.2) is 10.2 Å². The van der Waals surface area contributed by atoms with Crippen LogP contribution in [0, 0.1) is 11.7 Å². The minimum absolute atomic E-state index is 0.0643. The van der Waals surface area contributed by atoms with Crippen molar-refractivity contribution in [3.8, 4) is 11.4 Å². The maximum Gasteiger partial charge on any atom is 0.276 e. The monoisotopic (exact) mass is 515 g/mol. The summed E-state index contributed by atoms with van der Waals surface area (Å²) in [6.07, 6.45) is 5.22. The van der Waals surface area contributed by atoms with Gasteiger partial charge in [0.25, 0.3) is 5.89 Å². The Balaban J connectivity index is 1.39. The topological polar surface area (TPSA) is 131 Å². The number of pyridine rings is 1. The second-order valence-corrected chi connectivity index (χ2v) is 9.34. The van der Waals surface area contributed by atoms with Gasteiger partial charge in [-0.05, 0) is 61.7 Å². The lowest BCUT2D eigenvalue weighted by molar-refractivity contribution is 0.127. The molecule has 1 aliphatic rings. The molecule has 0 atom stereocenters. The second-order valence-electron chi connectivity index (χ2n) is 9.34. The molecule has 1 aliphatic heterocycles. The lowest BCUT2D eigenvalue weighted by atomic mass is 9.97. The van der Waals surface area contributed by atoms with Gasteiger partial charge in [0.15, 0.2) is 0 Å². The van der Waals surface area contributed by atoms with Crippen LogP contribution in [0.1, 0.15) is 29.9 Å². The standard InChI is InChI=1S/C28H30FN7O2/c29-23-3-1-2-4-24(23)36(31)26(21-9-13-32-14-10-21)25(30)28-33-27(34-38-28)22-7-5-19(6-8-22)17-35-15-11-20(18-37)12-16-35/h1-10,13-14,20,37H,11-12,15-18,30-31H2/b26-25-. The maximum atomic E-state index is 14.6. The van der Waals surface area contributed by atoms with Crippen molar-refractivity contribution in [2.75, 3.05) is 24.7 Å². The summed E-state index contributed by atoms with van der Waals surface area (Å²) in [5.41, 5.74) is 9.60. The fourth-order valence-electron chi connectivity index (χ4n) is 4.60. The van der Waals surface area contributed by atoms with E-state index in [1.54, 1.807) is 42.7 Å². The van der Waals surface area contributed by atoms with Gasteiger partial charge in [-0.3, -0.25) is 14.9 Å². The van der Waals surface area contributed by atoms with Gasteiger partial charge < -0.3 is 15.4 Å². The summed E-state index contributed by atoms with van der Waals surface area (Å²) in [7, 11) is 0. The maximum absolute atomic E-state index is 14.6. The Morgan fingerprint density at radius 2 is 1.76 bits per heavy atom. The third-order valence-electron chi connectivity index (χ3n) is 6.80. The Morgan fingerprint density at radius 3 is 2.45 bits per heavy atom. The van der Waals surface area contributed by atoms with E-state index in [1.807, 2.05) is 24.3 Å². The van der Waals surface area contributed by atoms with Crippen LogP contribution in [-0.2, 0) is 6.54 Å². The van der Waals surface area contributed by atoms with Crippen molar-refractivity contribution in [2.45, 2.75) is 19.4 Å². The quantitative estimate of drug-likeness (QED) is 0.238. The van der Waals surface area contributed by atoms with Crippen molar-refractivity contribution in [1.82, 2.24) is 20.0 Å². The van der Waals surface area contributed by atoms with E-state index in [-0.39, 0.29) is 23.9 Å². The van der Waals surface area contributed by atoms with Crippen LogP contribution < -0.4 is 16.6 Å². The van der Waals surface area contributed by atoms with Crippen molar-refractivity contribution >= 4 is 17.1 Å². The van der Waals surface area contributed by atoms with Gasteiger partial charge in [-0.1, -0.05) is 41.6 Å². The van der Waals surface area contributed by atoms with Crippen LogP contribution in [0.2, 0.25) is 0 Å². The molecule has 2 aromatic heterocycles. The molecule has 5 rings (SSSR count). The number of likely N-dealkylation sites (tertiary alicyclic amines) is 1. The van der Waals surface area contributed by atoms with Gasteiger partial charge in [0.1, 0.15) is 11.5 Å². The number of rotatable bonds is 8. The molecule has 0 unspecified atom stereocenters. The van der Waals surface area contributed by atoms with Crippen LogP contribution in [0.3, 0.4) is 0 Å². The molecule has 1 saturated heterocycles. The number of aliphatic hydroxyl groups is 1. The number of hydrogen-bond donors (Lipinski definition) is 3. The predicted molar refractivity (Wildman–Crippen MR) is 143 cm³/mol. The van der Waals surface area contributed by atoms with E-state index in [9.17, 15) is 9.50 Å². The molecule has 0 spiro atoms. The van der Waals surface area contributed by atoms with E-state index >= 15 is 0 Å². The highest BCUT2D eigenvalue weighted by atomic mass is 19.1. The number of nitrogens with zero attached hydrogens (tertiary/aromatic N) is 5. The molecule has 3 heterocycles. The molecule has 1 fully saturated rings. The number of nitrogens with two attached hydrogens (primary N) is 2. The number of aromatic nitrogens is 3. The fraction of sp³-hybridized carbons (Fsp3) is 0.250. The lowest BCUT2D eigenvalue weighted by Crippen LogP contribution is -2.34. The van der Waals surface area contributed by atoms with Crippen LogP contribution in [-0.4, -0.2) is 44.8 Å². The molecule has 196 valence electrons. The van der Waals surface area contributed by atoms with E-state index in [1.165, 1.54) is 16.6 Å². The number of para-hydroxylation sites is 1. The zero-order valence-electron chi connectivity index (χ0n) is 20.9. The molecule has 0 aliphatic carbocycles. The molecule has 9 nitrogen and oxygen atoms in total. The SMILES string of the molecule is N/C(=C(/c1ccncc1)N(N)c1ccccc1F)c1nc(-c2ccc(CN3CCC(CO)CC3)cc2)no1. The molecule has 0 bridgehead atoms. The average molecular weight is 516 g/mol. The van der Waals surface area contributed by atoms with Crippen LogP contribution in [0.15, 0.2) is 77.6 Å². The van der Waals surface area contributed by atoms with Crippen LogP contribution in [0.4, 0.5) is 10.1 Å². The van der Waals surface area contributed by atoms with E-state index in [0.29, 0.717) is 23.0 Å². The first-order valence-electron chi connectivity index (χ1n) is 12.5. The summed E-state index contributed by atoms with van der Waals surface area (Å²) < 4.78 is 20.1. The molecule has 0 amide bonds. The Labute approximate surface area is 220 Å². The minimum atomic E-state index is -0.501. The number of anilines is 1. The number of halogens is 1. The molecule has 4 aromatic rings. The summed E-state index contributed by atoms with van der Waals surface area (Å²) in [5, 5.41) is 14.6. The molecule has 10 heteroatoms. The largest absolute Gasteiger partial charge is 0.396 e. The first kappa shape index (κ1) is 25.5. The Bertz CT molecular complexity index is 1380. The van der Waals surface area contributed by atoms with Crippen molar-refractivity contribution in [1.29, 1.82) is 0 Å². The molecule has 5 N–H and O–H groups in total. The number of aliphatic hydroxyl groups excluding tert-OH is 1. The van der Waals surface area contributed by atoms with Gasteiger partial charge in [0, 0.05) is 36.7 Å². The van der Waals surface area contributed by atoms with Crippen molar-refractivity contribution in [3.05, 3.63) is 95.9 Å². The second kappa shape index (κ2) is 11.5. The molecule has 38 heavy (non-hydrogen) atoms. The highest BCUT2D eigenvalue weighted by Crippen LogP contribution is 2.30. The number of hydrogen-bond acceptors (Lipinski definition) is 9. The van der Waals surface area contributed by atoms with Crippen LogP contribution in [0.5, 0.6) is 0 Å². The van der Waals surface area contributed by atoms with E-state index < -0.39 is 5.82 Å². The zero-order valence-corrected chi connectivity index (χ0v) is 20.9.